The van der Waals surface area contributed by atoms with Crippen LogP contribution >= 0.6 is 0 Å². The molecule has 0 amide bonds. The van der Waals surface area contributed by atoms with Gasteiger partial charge in [-0.05, 0) is 93.3 Å². The number of aliphatic hydroxyl groups is 4. The van der Waals surface area contributed by atoms with Gasteiger partial charge in [0.15, 0.2) is 6.29 Å². The SMILES string of the molecule is CC[C@@H]1OC(=O)[C@H](C)[C@@H](OC(=O)Cc2ccccc2)[C@H](C)[C@@H](O[C@@H]2O[C@H](C)C[C@H](N(C)C)[C@H]2O)[C@@](C)(O)C[C@H](C)/C(=N\OC2(OC(C)C)CCCCC2)[C@@H](C)[C@@H](O)[C@]1(C)O. The van der Waals surface area contributed by atoms with Crippen LogP contribution in [0.25, 0.3) is 0 Å². The van der Waals surface area contributed by atoms with Crippen molar-refractivity contribution in [2.24, 2.45) is 28.8 Å². The molecule has 4 rings (SSSR count). The number of aliphatic hydroxyl groups excluding tert-OH is 2. The Morgan fingerprint density at radius 1 is 0.983 bits per heavy atom. The second-order valence-electron chi connectivity index (χ2n) is 18.9. The van der Waals surface area contributed by atoms with Gasteiger partial charge in [0.2, 0.25) is 5.79 Å². The van der Waals surface area contributed by atoms with E-state index in [0.29, 0.717) is 30.5 Å². The summed E-state index contributed by atoms with van der Waals surface area (Å²) in [4.78, 5) is 36.3. The van der Waals surface area contributed by atoms with Crippen molar-refractivity contribution in [2.45, 2.75) is 199 Å². The topological polar surface area (TPSA) is 186 Å². The normalized spacial score (nSPS) is 39.2. The van der Waals surface area contributed by atoms with Crippen LogP contribution < -0.4 is 0 Å². The first-order chi connectivity index (χ1) is 28.0. The molecule has 2 heterocycles. The fourth-order valence-electron chi connectivity index (χ4n) is 9.63. The molecule has 0 unspecified atom stereocenters. The Bertz CT molecular complexity index is 1550. The predicted octanol–water partition coefficient (Wildman–Crippen LogP) is 5.54. The number of hydrogen-bond donors (Lipinski definition) is 4. The third-order valence-corrected chi connectivity index (χ3v) is 12.9. The second-order valence-corrected chi connectivity index (χ2v) is 18.9. The highest BCUT2D eigenvalue weighted by Gasteiger charge is 2.52. The summed E-state index contributed by atoms with van der Waals surface area (Å²) < 4.78 is 31.6. The molecule has 342 valence electrons. The average Bonchev–Trinajstić information content (AvgIpc) is 3.17. The van der Waals surface area contributed by atoms with Gasteiger partial charge in [0.05, 0.1) is 48.1 Å². The maximum absolute atomic E-state index is 14.3. The van der Waals surface area contributed by atoms with E-state index < -0.39 is 89.4 Å². The number of benzene rings is 1. The van der Waals surface area contributed by atoms with Crippen molar-refractivity contribution in [3.63, 3.8) is 0 Å². The zero-order valence-corrected chi connectivity index (χ0v) is 38.2. The van der Waals surface area contributed by atoms with E-state index in [1.165, 1.54) is 6.92 Å². The third kappa shape index (κ3) is 12.3. The Kier molecular flexibility index (Phi) is 17.6. The van der Waals surface area contributed by atoms with Crippen LogP contribution in [0.3, 0.4) is 0 Å². The van der Waals surface area contributed by atoms with E-state index in [0.717, 1.165) is 19.3 Å². The molecule has 14 nitrogen and oxygen atoms in total. The van der Waals surface area contributed by atoms with Gasteiger partial charge in [0.25, 0.3) is 0 Å². The van der Waals surface area contributed by atoms with Gasteiger partial charge >= 0.3 is 11.9 Å². The van der Waals surface area contributed by atoms with Crippen molar-refractivity contribution in [1.82, 2.24) is 4.90 Å². The summed E-state index contributed by atoms with van der Waals surface area (Å²) in [7, 11) is 3.73. The Morgan fingerprint density at radius 2 is 1.62 bits per heavy atom. The molecule has 0 aromatic heterocycles. The molecule has 1 aromatic rings. The smallest absolute Gasteiger partial charge is 0.312 e. The largest absolute Gasteiger partial charge is 0.461 e. The van der Waals surface area contributed by atoms with E-state index in [2.05, 4.69) is 0 Å². The summed E-state index contributed by atoms with van der Waals surface area (Å²) in [6, 6.07) is 8.73. The molecule has 2 saturated heterocycles. The number of nitrogens with zero attached hydrogens (tertiary/aromatic N) is 2. The van der Waals surface area contributed by atoms with Crippen LogP contribution in [0.2, 0.25) is 0 Å². The number of rotatable bonds is 11. The highest BCUT2D eigenvalue weighted by atomic mass is 16.8. The van der Waals surface area contributed by atoms with Crippen LogP contribution in [0, 0.1) is 23.7 Å². The quantitative estimate of drug-likeness (QED) is 0.124. The van der Waals surface area contributed by atoms with E-state index in [9.17, 15) is 30.0 Å². The lowest BCUT2D eigenvalue weighted by atomic mass is 9.73. The Labute approximate surface area is 358 Å². The molecule has 0 bridgehead atoms. The molecule has 3 fully saturated rings. The molecule has 1 aromatic carbocycles. The molecule has 2 aliphatic heterocycles. The summed E-state index contributed by atoms with van der Waals surface area (Å²) in [6.07, 6.45) is -3.34. The highest BCUT2D eigenvalue weighted by molar-refractivity contribution is 5.89. The minimum atomic E-state index is -1.97. The fraction of sp³-hybridized carbons (Fsp3) is 0.804. The minimum Gasteiger partial charge on any atom is -0.461 e. The van der Waals surface area contributed by atoms with Crippen LogP contribution in [0.5, 0.6) is 0 Å². The Hall–Kier alpha value is -2.69. The van der Waals surface area contributed by atoms with Gasteiger partial charge in [0, 0.05) is 36.6 Å². The van der Waals surface area contributed by atoms with Gasteiger partial charge in [-0.1, -0.05) is 69.6 Å². The maximum Gasteiger partial charge on any atom is 0.312 e. The summed E-state index contributed by atoms with van der Waals surface area (Å²) in [6.45, 7) is 17.4. The molecule has 3 aliphatic rings. The first-order valence-electron chi connectivity index (χ1n) is 22.2. The van der Waals surface area contributed by atoms with Crippen molar-refractivity contribution >= 4 is 17.7 Å². The van der Waals surface area contributed by atoms with E-state index >= 15 is 0 Å². The van der Waals surface area contributed by atoms with Gasteiger partial charge in [-0.2, -0.15) is 0 Å². The molecule has 4 N–H and O–H groups in total. The van der Waals surface area contributed by atoms with E-state index in [1.807, 2.05) is 64.9 Å². The predicted molar refractivity (Wildman–Crippen MR) is 227 cm³/mol. The van der Waals surface area contributed by atoms with Crippen LogP contribution in [0.15, 0.2) is 35.5 Å². The third-order valence-electron chi connectivity index (χ3n) is 12.9. The number of carbonyl (C=O) groups is 2. The lowest BCUT2D eigenvalue weighted by molar-refractivity contribution is -0.299. The summed E-state index contributed by atoms with van der Waals surface area (Å²) in [5.74, 6) is -5.93. The summed E-state index contributed by atoms with van der Waals surface area (Å²) in [5.41, 5.74) is -2.71. The molecule has 1 saturated carbocycles. The van der Waals surface area contributed by atoms with Gasteiger partial charge in [-0.15, -0.1) is 0 Å². The van der Waals surface area contributed by atoms with Crippen molar-refractivity contribution in [2.75, 3.05) is 14.1 Å². The van der Waals surface area contributed by atoms with E-state index in [-0.39, 0.29) is 37.5 Å². The molecule has 14 heteroatoms. The number of cyclic esters (lactones) is 1. The van der Waals surface area contributed by atoms with Crippen LogP contribution in [-0.4, -0.2) is 129 Å². The molecule has 0 spiro atoms. The lowest BCUT2D eigenvalue weighted by Gasteiger charge is -2.47. The zero-order valence-electron chi connectivity index (χ0n) is 38.2. The van der Waals surface area contributed by atoms with Gasteiger partial charge in [-0.25, -0.2) is 0 Å². The monoisotopic (exact) mass is 849 g/mol. The summed E-state index contributed by atoms with van der Waals surface area (Å²) in [5, 5.41) is 53.4. The van der Waals surface area contributed by atoms with Crippen molar-refractivity contribution in [3.8, 4) is 0 Å². The van der Waals surface area contributed by atoms with Gasteiger partial charge in [0.1, 0.15) is 23.9 Å². The maximum atomic E-state index is 14.3. The van der Waals surface area contributed by atoms with Crippen molar-refractivity contribution in [1.29, 1.82) is 0 Å². The number of esters is 2. The standard InChI is InChI=1S/C46H76N2O12/c1-13-35-45(10,54)40(51)30(6)37(47-60-46(59-27(2)3)22-18-15-19-23-46)28(4)26-44(9,53)41(58-43-38(50)34(48(11)12)24-29(5)55-43)31(7)39(32(8)42(52)56-35)57-36(49)25-33-20-16-14-17-21-33/h14,16-17,20-21,27-32,34-35,38-41,43,50-51,53-54H,13,15,18-19,22-26H2,1-12H3/b47-37+/t28-,29+,30+,31-,32+,34-,35-,38+,39-,40+,41+,43-,44-,45+/m0/s1. The molecular weight excluding hydrogens is 773 g/mol. The van der Waals surface area contributed by atoms with Gasteiger partial charge in [-0.3, -0.25) is 9.59 Å². The number of hydrogen-bond acceptors (Lipinski definition) is 14. The number of carbonyl (C=O) groups excluding carboxylic acids is 2. The molecule has 60 heavy (non-hydrogen) atoms. The lowest BCUT2D eigenvalue weighted by Crippen LogP contribution is -2.60. The van der Waals surface area contributed by atoms with Gasteiger partial charge < -0.3 is 53.8 Å². The molecule has 0 radical (unpaired) electrons. The van der Waals surface area contributed by atoms with Crippen molar-refractivity contribution in [3.05, 3.63) is 35.9 Å². The number of likely N-dealkylation sites (N-methyl/N-ethyl adjacent to an activating group) is 1. The molecular formula is C46H76N2O12. The van der Waals surface area contributed by atoms with Crippen molar-refractivity contribution < 1.29 is 58.5 Å². The first-order valence-corrected chi connectivity index (χ1v) is 22.2. The second kappa shape index (κ2) is 21.1. The van der Waals surface area contributed by atoms with E-state index in [1.54, 1.807) is 46.8 Å². The number of oxime groups is 1. The van der Waals surface area contributed by atoms with E-state index in [4.69, 9.17) is 33.7 Å². The minimum absolute atomic E-state index is 0.0301. The van der Waals surface area contributed by atoms with Crippen LogP contribution in [-0.2, 0) is 44.5 Å². The fourth-order valence-corrected chi connectivity index (χ4v) is 9.63. The Morgan fingerprint density at radius 3 is 2.20 bits per heavy atom. The number of ether oxygens (including phenoxy) is 5. The van der Waals surface area contributed by atoms with Crippen LogP contribution in [0.1, 0.15) is 126 Å². The van der Waals surface area contributed by atoms with Crippen LogP contribution in [0.4, 0.5) is 0 Å². The molecule has 1 aliphatic carbocycles. The first kappa shape index (κ1) is 50.0. The molecule has 14 atom stereocenters. The highest BCUT2D eigenvalue weighted by Crippen LogP contribution is 2.40. The zero-order chi connectivity index (χ0) is 44.7. The summed E-state index contributed by atoms with van der Waals surface area (Å²) >= 11 is 0. The Balaban J connectivity index is 1.88. The average molecular weight is 849 g/mol.